The minimum Gasteiger partial charge on any atom is -0.423 e. The Kier molecular flexibility index (Phi) is 6.98. The highest BCUT2D eigenvalue weighted by Gasteiger charge is 2.39. The molecule has 2 heterocycles. The molecule has 1 aliphatic rings. The molecule has 0 bridgehead atoms. The van der Waals surface area contributed by atoms with Crippen molar-refractivity contribution >= 4 is 5.91 Å². The molecule has 1 aromatic heterocycles. The van der Waals surface area contributed by atoms with Crippen LogP contribution in [0, 0.1) is 5.82 Å². The van der Waals surface area contributed by atoms with Crippen LogP contribution in [0.5, 0.6) is 0 Å². The first-order chi connectivity index (χ1) is 18.2. The molecular weight excluding hydrogens is 500 g/mol. The van der Waals surface area contributed by atoms with E-state index in [1.54, 1.807) is 29.2 Å². The van der Waals surface area contributed by atoms with E-state index in [4.69, 9.17) is 4.42 Å². The molecule has 0 saturated carbocycles. The van der Waals surface area contributed by atoms with Crippen molar-refractivity contribution in [1.29, 1.82) is 0 Å². The zero-order valence-corrected chi connectivity index (χ0v) is 20.4. The van der Waals surface area contributed by atoms with Crippen LogP contribution >= 0.6 is 0 Å². The first kappa shape index (κ1) is 25.6. The number of carbonyl (C=O) groups is 1. The fourth-order valence-corrected chi connectivity index (χ4v) is 4.96. The first-order valence-electron chi connectivity index (χ1n) is 12.0. The zero-order valence-electron chi connectivity index (χ0n) is 20.4. The van der Waals surface area contributed by atoms with E-state index < -0.39 is 17.6 Å². The number of likely N-dealkylation sites (N-methyl/N-ethyl adjacent to an activating group) is 1. The maximum absolute atomic E-state index is 14.2. The van der Waals surface area contributed by atoms with Gasteiger partial charge in [0.2, 0.25) is 12.3 Å². The van der Waals surface area contributed by atoms with Crippen LogP contribution < -0.4 is 0 Å². The molecule has 1 amide bonds. The number of rotatable bonds is 6. The summed E-state index contributed by atoms with van der Waals surface area (Å²) in [5, 5.41) is 7.53. The maximum atomic E-state index is 14.2. The van der Waals surface area contributed by atoms with Crippen LogP contribution in [-0.4, -0.2) is 52.1 Å². The van der Waals surface area contributed by atoms with E-state index in [0.29, 0.717) is 35.7 Å². The maximum Gasteiger partial charge on any atom is 0.419 e. The van der Waals surface area contributed by atoms with E-state index >= 15 is 0 Å². The molecule has 38 heavy (non-hydrogen) atoms. The molecule has 6 nitrogen and oxygen atoms in total. The monoisotopic (exact) mass is 524 g/mol. The second-order valence-electron chi connectivity index (χ2n) is 9.34. The number of hydrogen-bond acceptors (Lipinski definition) is 5. The molecule has 0 unspecified atom stereocenters. The molecule has 4 aromatic rings. The molecule has 5 rings (SSSR count). The smallest absolute Gasteiger partial charge is 0.419 e. The Labute approximate surface area is 216 Å². The summed E-state index contributed by atoms with van der Waals surface area (Å²) in [6.07, 6.45) is -3.51. The number of aromatic nitrogens is 2. The normalized spacial score (nSPS) is 17.8. The molecule has 0 spiro atoms. The molecule has 1 fully saturated rings. The molecule has 3 aromatic carbocycles. The molecule has 0 N–H and O–H groups in total. The van der Waals surface area contributed by atoms with E-state index in [1.807, 2.05) is 42.3 Å². The van der Waals surface area contributed by atoms with Gasteiger partial charge in [-0.1, -0.05) is 36.4 Å². The summed E-state index contributed by atoms with van der Waals surface area (Å²) in [4.78, 5) is 17.2. The van der Waals surface area contributed by atoms with Crippen molar-refractivity contribution in [2.45, 2.75) is 24.7 Å². The number of amides is 1. The quantitative estimate of drug-likeness (QED) is 0.306. The van der Waals surface area contributed by atoms with Crippen molar-refractivity contribution < 1.29 is 26.8 Å². The first-order valence-corrected chi connectivity index (χ1v) is 12.0. The lowest BCUT2D eigenvalue weighted by atomic mass is 9.93. The number of benzene rings is 3. The second kappa shape index (κ2) is 10.4. The SMILES string of the molecule is CN(Cc1ccc(C(F)(F)F)c(F)c1)[C@H]1CN(C(=O)c2ccc(-c3nnco3)cc2)C[C@@H]1c1ccccc1. The predicted octanol–water partition coefficient (Wildman–Crippen LogP) is 5.63. The number of hydrogen-bond donors (Lipinski definition) is 0. The summed E-state index contributed by atoms with van der Waals surface area (Å²) in [6.45, 7) is 1.10. The van der Waals surface area contributed by atoms with Crippen LogP contribution in [0.2, 0.25) is 0 Å². The van der Waals surface area contributed by atoms with E-state index in [0.717, 1.165) is 17.7 Å². The van der Waals surface area contributed by atoms with Crippen molar-refractivity contribution in [1.82, 2.24) is 20.0 Å². The van der Waals surface area contributed by atoms with Crippen molar-refractivity contribution in [3.05, 3.63) is 107 Å². The summed E-state index contributed by atoms with van der Waals surface area (Å²) in [5.41, 5.74) is 1.39. The summed E-state index contributed by atoms with van der Waals surface area (Å²) in [6, 6.07) is 19.5. The highest BCUT2D eigenvalue weighted by atomic mass is 19.4. The third-order valence-corrected chi connectivity index (χ3v) is 6.88. The van der Waals surface area contributed by atoms with E-state index in [1.165, 1.54) is 12.5 Å². The molecule has 10 heteroatoms. The van der Waals surface area contributed by atoms with Gasteiger partial charge < -0.3 is 9.32 Å². The van der Waals surface area contributed by atoms with Crippen molar-refractivity contribution in [3.8, 4) is 11.5 Å². The zero-order chi connectivity index (χ0) is 26.9. The van der Waals surface area contributed by atoms with Gasteiger partial charge >= 0.3 is 6.18 Å². The van der Waals surface area contributed by atoms with Crippen molar-refractivity contribution in [3.63, 3.8) is 0 Å². The van der Waals surface area contributed by atoms with E-state index in [2.05, 4.69) is 10.2 Å². The number of likely N-dealkylation sites (tertiary alicyclic amines) is 1. The van der Waals surface area contributed by atoms with E-state index in [9.17, 15) is 22.4 Å². The molecule has 1 aliphatic heterocycles. The van der Waals surface area contributed by atoms with Crippen LogP contribution in [0.25, 0.3) is 11.5 Å². The Hall–Kier alpha value is -4.05. The van der Waals surface area contributed by atoms with Gasteiger partial charge in [-0.05, 0) is 54.6 Å². The minimum atomic E-state index is -4.75. The van der Waals surface area contributed by atoms with Crippen LogP contribution in [-0.2, 0) is 12.7 Å². The van der Waals surface area contributed by atoms with E-state index in [-0.39, 0.29) is 24.4 Å². The van der Waals surface area contributed by atoms with Crippen molar-refractivity contribution in [2.24, 2.45) is 0 Å². The molecule has 0 aliphatic carbocycles. The Morgan fingerprint density at radius 2 is 1.79 bits per heavy atom. The fourth-order valence-electron chi connectivity index (χ4n) is 4.96. The molecule has 1 saturated heterocycles. The van der Waals surface area contributed by atoms with Crippen LogP contribution in [0.1, 0.15) is 33.0 Å². The molecular formula is C28H24F4N4O2. The summed E-state index contributed by atoms with van der Waals surface area (Å²) >= 11 is 0. The lowest BCUT2D eigenvalue weighted by molar-refractivity contribution is -0.140. The van der Waals surface area contributed by atoms with Gasteiger partial charge in [0.1, 0.15) is 5.82 Å². The lowest BCUT2D eigenvalue weighted by Crippen LogP contribution is -2.38. The van der Waals surface area contributed by atoms with Gasteiger partial charge in [-0.15, -0.1) is 10.2 Å². The lowest BCUT2D eigenvalue weighted by Gasteiger charge is -2.29. The highest BCUT2D eigenvalue weighted by Crippen LogP contribution is 2.34. The van der Waals surface area contributed by atoms with Crippen LogP contribution in [0.3, 0.4) is 0 Å². The molecule has 0 radical (unpaired) electrons. The van der Waals surface area contributed by atoms with Crippen LogP contribution in [0.15, 0.2) is 83.6 Å². The standard InChI is InChI=1S/C28H24F4N4O2/c1-35(14-18-7-12-23(24(29)13-18)28(30,31)32)25-16-36(15-22(25)19-5-3-2-4-6-19)27(37)21-10-8-20(9-11-21)26-34-33-17-38-26/h2-13,17,22,25H,14-16H2,1H3/t22-,25+/m1/s1. The Morgan fingerprint density at radius 1 is 1.05 bits per heavy atom. The number of carbonyl (C=O) groups excluding carboxylic acids is 1. The molecule has 2 atom stereocenters. The van der Waals surface area contributed by atoms with Gasteiger partial charge in [0.15, 0.2) is 0 Å². The van der Waals surface area contributed by atoms with Gasteiger partial charge in [0, 0.05) is 42.7 Å². The number of halogens is 4. The Balaban J connectivity index is 1.36. The number of alkyl halides is 3. The second-order valence-corrected chi connectivity index (χ2v) is 9.34. The molecule has 196 valence electrons. The Morgan fingerprint density at radius 3 is 2.42 bits per heavy atom. The minimum absolute atomic E-state index is 0.0397. The fraction of sp³-hybridized carbons (Fsp3) is 0.250. The van der Waals surface area contributed by atoms with Gasteiger partial charge in [-0.25, -0.2) is 4.39 Å². The van der Waals surface area contributed by atoms with Gasteiger partial charge in [-0.3, -0.25) is 9.69 Å². The third-order valence-electron chi connectivity index (χ3n) is 6.88. The average molecular weight is 525 g/mol. The largest absolute Gasteiger partial charge is 0.423 e. The van der Waals surface area contributed by atoms with Gasteiger partial charge in [-0.2, -0.15) is 13.2 Å². The van der Waals surface area contributed by atoms with Gasteiger partial charge in [0.25, 0.3) is 5.91 Å². The number of nitrogens with zero attached hydrogens (tertiary/aromatic N) is 4. The van der Waals surface area contributed by atoms with Crippen LogP contribution in [0.4, 0.5) is 17.6 Å². The summed E-state index contributed by atoms with van der Waals surface area (Å²) in [5.74, 6) is -1.12. The summed E-state index contributed by atoms with van der Waals surface area (Å²) in [7, 11) is 1.84. The van der Waals surface area contributed by atoms with Crippen molar-refractivity contribution in [2.75, 3.05) is 20.1 Å². The average Bonchev–Trinajstić information content (AvgIpc) is 3.59. The third kappa shape index (κ3) is 5.31. The predicted molar refractivity (Wildman–Crippen MR) is 131 cm³/mol. The summed E-state index contributed by atoms with van der Waals surface area (Å²) < 4.78 is 58.3. The van der Waals surface area contributed by atoms with Gasteiger partial charge in [0.05, 0.1) is 5.56 Å². The Bertz CT molecular complexity index is 1390. The topological polar surface area (TPSA) is 62.5 Å². The highest BCUT2D eigenvalue weighted by molar-refractivity contribution is 5.95.